The Labute approximate surface area is 170 Å². The number of ether oxygens (including phenoxy) is 2. The van der Waals surface area contributed by atoms with Crippen molar-refractivity contribution in [3.05, 3.63) is 79.9 Å². The SMILES string of the molecule is COc1cc(/C=N/Nc2cn[nH]c(=O)n2)cc([N+](=O)[O-])c1OCc1cccc(C)c1. The van der Waals surface area contributed by atoms with Gasteiger partial charge in [-0.2, -0.15) is 15.2 Å². The number of nitrogens with zero attached hydrogens (tertiary/aromatic N) is 4. The molecule has 30 heavy (non-hydrogen) atoms. The molecule has 0 aliphatic carbocycles. The fourth-order valence-electron chi connectivity index (χ4n) is 2.61. The minimum absolute atomic E-state index is 0.0228. The number of H-pyrrole nitrogens is 1. The lowest BCUT2D eigenvalue weighted by molar-refractivity contribution is -0.386. The Hall–Kier alpha value is -4.28. The fourth-order valence-corrected chi connectivity index (χ4v) is 2.61. The molecule has 0 aliphatic heterocycles. The Bertz CT molecular complexity index is 1140. The highest BCUT2D eigenvalue weighted by molar-refractivity contribution is 5.83. The fraction of sp³-hybridized carbons (Fsp3) is 0.158. The van der Waals surface area contributed by atoms with Gasteiger partial charge in [0, 0.05) is 11.6 Å². The molecule has 0 radical (unpaired) electrons. The lowest BCUT2D eigenvalue weighted by Crippen LogP contribution is -2.13. The third kappa shape index (κ3) is 5.16. The van der Waals surface area contributed by atoms with Gasteiger partial charge in [0.15, 0.2) is 11.6 Å². The number of nitro groups is 1. The number of nitrogens with one attached hydrogen (secondary N) is 2. The van der Waals surface area contributed by atoms with E-state index in [-0.39, 0.29) is 29.6 Å². The van der Waals surface area contributed by atoms with Crippen LogP contribution in [0.15, 0.2) is 52.5 Å². The predicted molar refractivity (Wildman–Crippen MR) is 109 cm³/mol. The van der Waals surface area contributed by atoms with Gasteiger partial charge in [0.25, 0.3) is 0 Å². The summed E-state index contributed by atoms with van der Waals surface area (Å²) in [6.07, 6.45) is 2.59. The van der Waals surface area contributed by atoms with E-state index in [0.717, 1.165) is 11.1 Å². The first-order chi connectivity index (χ1) is 14.5. The zero-order chi connectivity index (χ0) is 21.5. The van der Waals surface area contributed by atoms with Crippen LogP contribution in [0.3, 0.4) is 0 Å². The van der Waals surface area contributed by atoms with Gasteiger partial charge in [0.05, 0.1) is 24.4 Å². The molecule has 0 bridgehead atoms. The molecule has 3 aromatic rings. The van der Waals surface area contributed by atoms with Gasteiger partial charge >= 0.3 is 11.4 Å². The normalized spacial score (nSPS) is 10.7. The summed E-state index contributed by atoms with van der Waals surface area (Å²) >= 11 is 0. The zero-order valence-corrected chi connectivity index (χ0v) is 16.2. The number of methoxy groups -OCH3 is 1. The molecule has 11 nitrogen and oxygen atoms in total. The molecule has 3 rings (SSSR count). The number of nitro benzene ring substituents is 1. The molecule has 0 unspecified atom stereocenters. The maximum absolute atomic E-state index is 11.6. The molecule has 0 atom stereocenters. The molecule has 1 heterocycles. The number of hydrogen-bond donors (Lipinski definition) is 2. The number of rotatable bonds is 8. The van der Waals surface area contributed by atoms with Gasteiger partial charge in [-0.05, 0) is 18.6 Å². The standard InChI is InChI=1S/C19H18N6O5/c1-12-4-3-5-13(6-12)11-30-18-15(25(27)28)7-14(8-16(18)29-2)9-20-23-17-10-21-24-19(26)22-17/h3-10H,11H2,1-2H3,(H2,22,23,24,26)/b20-9+. The molecular weight excluding hydrogens is 392 g/mol. The van der Waals surface area contributed by atoms with Crippen LogP contribution in [0.2, 0.25) is 0 Å². The molecular formula is C19H18N6O5. The minimum Gasteiger partial charge on any atom is -0.493 e. The molecule has 2 N–H and O–H groups in total. The number of aryl methyl sites for hydroxylation is 1. The third-order valence-electron chi connectivity index (χ3n) is 3.90. The average molecular weight is 410 g/mol. The third-order valence-corrected chi connectivity index (χ3v) is 3.90. The van der Waals surface area contributed by atoms with E-state index in [9.17, 15) is 14.9 Å². The topological polar surface area (TPSA) is 145 Å². The summed E-state index contributed by atoms with van der Waals surface area (Å²) in [5.74, 6) is 0.332. The first-order valence-electron chi connectivity index (χ1n) is 8.72. The molecule has 2 aromatic carbocycles. The molecule has 0 saturated carbocycles. The van der Waals surface area contributed by atoms with E-state index in [1.54, 1.807) is 6.07 Å². The van der Waals surface area contributed by atoms with E-state index in [4.69, 9.17) is 9.47 Å². The van der Waals surface area contributed by atoms with Crippen LogP contribution in [-0.2, 0) is 6.61 Å². The monoisotopic (exact) mass is 410 g/mol. The summed E-state index contributed by atoms with van der Waals surface area (Å²) in [5.41, 5.74) is 3.93. The molecule has 154 valence electrons. The van der Waals surface area contributed by atoms with Crippen molar-refractivity contribution in [3.63, 3.8) is 0 Å². The van der Waals surface area contributed by atoms with Crippen molar-refractivity contribution < 1.29 is 14.4 Å². The van der Waals surface area contributed by atoms with Crippen molar-refractivity contribution in [2.45, 2.75) is 13.5 Å². The van der Waals surface area contributed by atoms with Crippen LogP contribution in [0, 0.1) is 17.0 Å². The summed E-state index contributed by atoms with van der Waals surface area (Å²) in [5, 5.41) is 21.2. The Morgan fingerprint density at radius 1 is 1.33 bits per heavy atom. The van der Waals surface area contributed by atoms with Crippen LogP contribution in [-0.4, -0.2) is 33.4 Å². The summed E-state index contributed by atoms with van der Waals surface area (Å²) in [6, 6.07) is 10.5. The molecule has 1 aromatic heterocycles. The summed E-state index contributed by atoms with van der Waals surface area (Å²) in [4.78, 5) is 25.8. The largest absolute Gasteiger partial charge is 0.493 e. The summed E-state index contributed by atoms with van der Waals surface area (Å²) in [6.45, 7) is 2.10. The number of hydrogen-bond acceptors (Lipinski definition) is 9. The lowest BCUT2D eigenvalue weighted by Gasteiger charge is -2.12. The van der Waals surface area contributed by atoms with Gasteiger partial charge in [0.2, 0.25) is 5.75 Å². The van der Waals surface area contributed by atoms with Crippen LogP contribution >= 0.6 is 0 Å². The number of hydrazone groups is 1. The van der Waals surface area contributed by atoms with Crippen LogP contribution < -0.4 is 20.6 Å². The van der Waals surface area contributed by atoms with Crippen molar-refractivity contribution in [3.8, 4) is 11.5 Å². The number of anilines is 1. The van der Waals surface area contributed by atoms with Gasteiger partial charge in [-0.3, -0.25) is 15.5 Å². The highest BCUT2D eigenvalue weighted by Crippen LogP contribution is 2.38. The molecule has 0 fully saturated rings. The second-order valence-electron chi connectivity index (χ2n) is 6.15. The van der Waals surface area contributed by atoms with E-state index in [2.05, 4.69) is 25.7 Å². The van der Waals surface area contributed by atoms with Gasteiger partial charge in [-0.1, -0.05) is 29.8 Å². The Balaban J connectivity index is 1.84. The average Bonchev–Trinajstić information content (AvgIpc) is 2.72. The van der Waals surface area contributed by atoms with E-state index in [1.165, 1.54) is 25.6 Å². The predicted octanol–water partition coefficient (Wildman–Crippen LogP) is 2.42. The highest BCUT2D eigenvalue weighted by atomic mass is 16.6. The van der Waals surface area contributed by atoms with Crippen molar-refractivity contribution >= 4 is 17.7 Å². The lowest BCUT2D eigenvalue weighted by atomic mass is 10.1. The number of aromatic nitrogens is 3. The Kier molecular flexibility index (Phi) is 6.33. The van der Waals surface area contributed by atoms with Gasteiger partial charge in [-0.15, -0.1) is 0 Å². The van der Waals surface area contributed by atoms with E-state index < -0.39 is 10.6 Å². The second-order valence-corrected chi connectivity index (χ2v) is 6.15. The Morgan fingerprint density at radius 3 is 2.87 bits per heavy atom. The molecule has 0 amide bonds. The van der Waals surface area contributed by atoms with Gasteiger partial charge in [0.1, 0.15) is 6.61 Å². The van der Waals surface area contributed by atoms with Crippen LogP contribution in [0.4, 0.5) is 11.5 Å². The first kappa shape index (κ1) is 20.5. The number of benzene rings is 2. The highest BCUT2D eigenvalue weighted by Gasteiger charge is 2.22. The molecule has 0 spiro atoms. The van der Waals surface area contributed by atoms with Gasteiger partial charge < -0.3 is 9.47 Å². The maximum Gasteiger partial charge on any atom is 0.363 e. The van der Waals surface area contributed by atoms with E-state index >= 15 is 0 Å². The maximum atomic E-state index is 11.6. The zero-order valence-electron chi connectivity index (χ0n) is 16.2. The summed E-state index contributed by atoms with van der Waals surface area (Å²) in [7, 11) is 1.39. The summed E-state index contributed by atoms with van der Waals surface area (Å²) < 4.78 is 11.0. The van der Waals surface area contributed by atoms with Crippen LogP contribution in [0.5, 0.6) is 11.5 Å². The molecule has 0 aliphatic rings. The van der Waals surface area contributed by atoms with Crippen LogP contribution in [0.25, 0.3) is 0 Å². The first-order valence-corrected chi connectivity index (χ1v) is 8.72. The van der Waals surface area contributed by atoms with Crippen LogP contribution in [0.1, 0.15) is 16.7 Å². The molecule has 11 heteroatoms. The smallest absolute Gasteiger partial charge is 0.363 e. The second kappa shape index (κ2) is 9.28. The van der Waals surface area contributed by atoms with Crippen molar-refractivity contribution in [2.24, 2.45) is 5.10 Å². The number of aromatic amines is 1. The van der Waals surface area contributed by atoms with E-state index in [1.807, 2.05) is 31.2 Å². The van der Waals surface area contributed by atoms with Gasteiger partial charge in [-0.25, -0.2) is 9.89 Å². The Morgan fingerprint density at radius 2 is 2.17 bits per heavy atom. The van der Waals surface area contributed by atoms with Crippen molar-refractivity contribution in [1.82, 2.24) is 15.2 Å². The minimum atomic E-state index is -0.636. The molecule has 0 saturated heterocycles. The quantitative estimate of drug-likeness (QED) is 0.327. The van der Waals surface area contributed by atoms with Crippen molar-refractivity contribution in [2.75, 3.05) is 12.5 Å². The van der Waals surface area contributed by atoms with Crippen molar-refractivity contribution in [1.29, 1.82) is 0 Å². The van der Waals surface area contributed by atoms with E-state index in [0.29, 0.717) is 5.56 Å².